The molecule has 0 unspecified atom stereocenters. The van der Waals surface area contributed by atoms with E-state index in [0.717, 1.165) is 11.7 Å². The van der Waals surface area contributed by atoms with Gasteiger partial charge in [0.25, 0.3) is 0 Å². The molecular formula is C8H10NO2+. The van der Waals surface area contributed by atoms with Gasteiger partial charge in [-0.2, -0.15) is 4.57 Å². The van der Waals surface area contributed by atoms with Gasteiger partial charge in [-0.25, -0.2) is 4.79 Å². The lowest BCUT2D eigenvalue weighted by atomic mass is 10.5. The topological polar surface area (TPSA) is 30.2 Å². The number of rotatable bonds is 2. The number of ether oxygens (including phenoxy) is 1. The summed E-state index contributed by atoms with van der Waals surface area (Å²) >= 11 is 0. The summed E-state index contributed by atoms with van der Waals surface area (Å²) in [6, 6.07) is -1.45. The fourth-order valence-electron chi connectivity index (χ4n) is 0.523. The molecule has 0 fully saturated rings. The van der Waals surface area contributed by atoms with Gasteiger partial charge in [0.1, 0.15) is 2.74 Å². The van der Waals surface area contributed by atoms with Gasteiger partial charge in [0.2, 0.25) is 6.54 Å². The van der Waals surface area contributed by atoms with E-state index >= 15 is 0 Å². The van der Waals surface area contributed by atoms with Crippen LogP contribution in [0.1, 0.15) is 6.85 Å². The van der Waals surface area contributed by atoms with Gasteiger partial charge < -0.3 is 4.74 Å². The van der Waals surface area contributed by atoms with E-state index in [4.69, 9.17) is 6.85 Å². The van der Waals surface area contributed by atoms with E-state index in [2.05, 4.69) is 4.74 Å². The summed E-state index contributed by atoms with van der Waals surface area (Å²) in [6.45, 7) is -0.411. The first-order chi connectivity index (χ1) is 7.40. The standard InChI is InChI=1S/C8H10NO2/c1-11-8(10)7-9-5-3-2-4-6-9/h2-6H,7H2,1H3/q+1/i2D,3D,4D,5D,6D. The maximum atomic E-state index is 11.0. The zero-order valence-electron chi connectivity index (χ0n) is 11.0. The second kappa shape index (κ2) is 3.71. The van der Waals surface area contributed by atoms with Crippen LogP contribution in [0.4, 0.5) is 0 Å². The predicted octanol–water partition coefficient (Wildman–Crippen LogP) is 0.147. The zero-order valence-corrected chi connectivity index (χ0v) is 5.97. The number of esters is 1. The first-order valence-electron chi connectivity index (χ1n) is 5.43. The number of carbonyl (C=O) groups is 1. The average Bonchev–Trinajstić information content (AvgIpc) is 2.29. The Kier molecular flexibility index (Phi) is 1.13. The SMILES string of the molecule is [2H]c1c([2H])c([2H])[n+](CC(=O)OC)c([2H])c1[2H]. The highest BCUT2D eigenvalue weighted by Gasteiger charge is 2.06. The van der Waals surface area contributed by atoms with E-state index in [9.17, 15) is 4.79 Å². The molecule has 0 saturated heterocycles. The van der Waals surface area contributed by atoms with Crippen molar-refractivity contribution in [3.63, 3.8) is 0 Å². The van der Waals surface area contributed by atoms with Crippen LogP contribution in [0.5, 0.6) is 0 Å². The van der Waals surface area contributed by atoms with Crippen LogP contribution in [0, 0.1) is 0 Å². The van der Waals surface area contributed by atoms with Gasteiger partial charge in [0, 0.05) is 12.1 Å². The number of carbonyl (C=O) groups excluding carboxylic acids is 1. The van der Waals surface area contributed by atoms with Crippen LogP contribution in [0.2, 0.25) is 0 Å². The Morgan fingerprint density at radius 1 is 1.55 bits per heavy atom. The van der Waals surface area contributed by atoms with Crippen molar-refractivity contribution < 1.29 is 21.0 Å². The number of hydrogen-bond donors (Lipinski definition) is 0. The smallest absolute Gasteiger partial charge is 0.372 e. The molecule has 1 rings (SSSR count). The van der Waals surface area contributed by atoms with Gasteiger partial charge in [-0.05, 0) is 0 Å². The highest BCUT2D eigenvalue weighted by atomic mass is 16.5. The van der Waals surface area contributed by atoms with E-state index in [-0.39, 0.29) is 0 Å². The van der Waals surface area contributed by atoms with Crippen LogP contribution in [-0.4, -0.2) is 13.1 Å². The van der Waals surface area contributed by atoms with Gasteiger partial charge in [-0.1, -0.05) is 6.04 Å². The van der Waals surface area contributed by atoms with Crippen molar-refractivity contribution in [2.24, 2.45) is 0 Å². The van der Waals surface area contributed by atoms with Crippen LogP contribution < -0.4 is 4.57 Å². The molecule has 0 radical (unpaired) electrons. The molecule has 0 N–H and O–H groups in total. The monoisotopic (exact) mass is 157 g/mol. The Balaban J connectivity index is 3.34. The highest BCUT2D eigenvalue weighted by Crippen LogP contribution is 1.78. The molecule has 58 valence electrons. The number of hydrogen-bond acceptors (Lipinski definition) is 2. The Labute approximate surface area is 72.3 Å². The molecule has 0 atom stereocenters. The molecule has 0 aromatic carbocycles. The fourth-order valence-corrected chi connectivity index (χ4v) is 0.523. The van der Waals surface area contributed by atoms with Crippen molar-refractivity contribution in [3.8, 4) is 0 Å². The van der Waals surface area contributed by atoms with Gasteiger partial charge >= 0.3 is 5.97 Å². The maximum Gasteiger partial charge on any atom is 0.372 e. The molecule has 3 heteroatoms. The summed E-state index contributed by atoms with van der Waals surface area (Å²) in [7, 11) is 1.16. The first kappa shape index (κ1) is 3.34. The van der Waals surface area contributed by atoms with E-state index in [0.29, 0.717) is 0 Å². The molecule has 0 saturated carbocycles. The minimum Gasteiger partial charge on any atom is -0.464 e. The number of nitrogens with zero attached hydrogens (tertiary/aromatic N) is 1. The van der Waals surface area contributed by atoms with Crippen molar-refractivity contribution in [1.29, 1.82) is 0 Å². The summed E-state index contributed by atoms with van der Waals surface area (Å²) in [4.78, 5) is 11.0. The molecule has 0 aliphatic heterocycles. The van der Waals surface area contributed by atoms with Crippen LogP contribution in [0.3, 0.4) is 0 Å². The highest BCUT2D eigenvalue weighted by molar-refractivity contribution is 5.67. The number of methoxy groups -OCH3 is 1. The Morgan fingerprint density at radius 2 is 2.18 bits per heavy atom. The van der Waals surface area contributed by atoms with E-state index < -0.39 is 43.0 Å². The third-order valence-electron chi connectivity index (χ3n) is 1.02. The minimum absolute atomic E-state index is 0.411. The molecule has 0 aliphatic rings. The lowest BCUT2D eigenvalue weighted by Gasteiger charge is -1.93. The molecular weight excluding hydrogens is 142 g/mol. The number of aromatic nitrogens is 1. The molecule has 1 heterocycles. The third-order valence-corrected chi connectivity index (χ3v) is 1.02. The zero-order chi connectivity index (χ0) is 12.5. The van der Waals surface area contributed by atoms with Crippen LogP contribution in [-0.2, 0) is 16.1 Å². The summed E-state index contributed by atoms with van der Waals surface area (Å²) in [6.07, 6.45) is -0.896. The van der Waals surface area contributed by atoms with Crippen LogP contribution in [0.25, 0.3) is 0 Å². The number of pyridine rings is 1. The molecule has 3 nitrogen and oxygen atoms in total. The van der Waals surface area contributed by atoms with Gasteiger partial charge in [-0.15, -0.1) is 0 Å². The largest absolute Gasteiger partial charge is 0.464 e. The second-order valence-corrected chi connectivity index (χ2v) is 1.76. The van der Waals surface area contributed by atoms with Gasteiger partial charge in [-0.3, -0.25) is 0 Å². The average molecular weight is 157 g/mol. The van der Waals surface area contributed by atoms with E-state index in [1.165, 1.54) is 0 Å². The normalized spacial score (nSPS) is 15.5. The van der Waals surface area contributed by atoms with E-state index in [1.54, 1.807) is 0 Å². The lowest BCUT2D eigenvalue weighted by Crippen LogP contribution is -2.37. The van der Waals surface area contributed by atoms with Gasteiger partial charge in [0.15, 0.2) is 12.3 Å². The lowest BCUT2D eigenvalue weighted by molar-refractivity contribution is -0.685. The molecule has 0 bridgehead atoms. The van der Waals surface area contributed by atoms with Crippen molar-refractivity contribution in [2.45, 2.75) is 6.54 Å². The van der Waals surface area contributed by atoms with E-state index in [1.807, 2.05) is 0 Å². The van der Waals surface area contributed by atoms with Crippen molar-refractivity contribution in [2.75, 3.05) is 7.11 Å². The summed E-state index contributed by atoms with van der Waals surface area (Å²) in [5.41, 5.74) is 0. The molecule has 0 amide bonds. The summed E-state index contributed by atoms with van der Waals surface area (Å²) in [5.74, 6) is -0.677. The third kappa shape index (κ3) is 2.37. The van der Waals surface area contributed by atoms with Crippen molar-refractivity contribution in [1.82, 2.24) is 0 Å². The summed E-state index contributed by atoms with van der Waals surface area (Å²) < 4.78 is 42.3. The minimum atomic E-state index is -0.677. The predicted molar refractivity (Wildman–Crippen MR) is 38.7 cm³/mol. The Hall–Kier alpha value is -1.38. The van der Waals surface area contributed by atoms with Crippen molar-refractivity contribution in [3.05, 3.63) is 30.5 Å². The molecule has 1 aromatic rings. The molecule has 0 spiro atoms. The second-order valence-electron chi connectivity index (χ2n) is 1.76. The molecule has 11 heavy (non-hydrogen) atoms. The Morgan fingerprint density at radius 3 is 2.73 bits per heavy atom. The quantitative estimate of drug-likeness (QED) is 0.452. The maximum absolute atomic E-state index is 11.0. The first-order valence-corrected chi connectivity index (χ1v) is 2.93. The Bertz CT molecular complexity index is 420. The van der Waals surface area contributed by atoms with Crippen LogP contribution >= 0.6 is 0 Å². The van der Waals surface area contributed by atoms with Crippen LogP contribution in [0.15, 0.2) is 30.5 Å². The van der Waals surface area contributed by atoms with Crippen molar-refractivity contribution >= 4 is 5.97 Å². The molecule has 0 aliphatic carbocycles. The molecule has 1 aromatic heterocycles. The van der Waals surface area contributed by atoms with Gasteiger partial charge in [0.05, 0.1) is 11.2 Å². The fraction of sp³-hybridized carbons (Fsp3) is 0.250. The summed E-state index contributed by atoms with van der Waals surface area (Å²) in [5, 5.41) is 0.